The quantitative estimate of drug-likeness (QED) is 0.248. The van der Waals surface area contributed by atoms with Crippen molar-refractivity contribution in [3.8, 4) is 0 Å². The molecule has 2 amide bonds. The lowest BCUT2D eigenvalue weighted by Gasteiger charge is -2.02. The molecule has 0 unspecified atom stereocenters. The van der Waals surface area contributed by atoms with Crippen LogP contribution < -0.4 is 4.99 Å². The molecule has 1 aliphatic rings. The molecular formula is C4H3ClN2O2. The molecule has 0 saturated carbocycles. The number of hydrogen-bond donors (Lipinski definition) is 1. The lowest BCUT2D eigenvalue weighted by Crippen LogP contribution is -2.71. The number of hydrogen-bond acceptors (Lipinski definition) is 2. The first kappa shape index (κ1) is 6.22. The number of nitrogens with zero attached hydrogens (tertiary/aromatic N) is 1. The summed E-state index contributed by atoms with van der Waals surface area (Å²) in [6.45, 7) is -0.0255. The third-order valence-corrected chi connectivity index (χ3v) is 1.05. The molecule has 0 atom stereocenters. The molecule has 4 nitrogen and oxygen atoms in total. The van der Waals surface area contributed by atoms with E-state index in [1.807, 2.05) is 0 Å². The first-order valence-electron chi connectivity index (χ1n) is 2.21. The van der Waals surface area contributed by atoms with Crippen molar-refractivity contribution < 1.29 is 14.6 Å². The molecule has 0 aromatic heterocycles. The number of halogens is 1. The third-order valence-electron chi connectivity index (χ3n) is 0.844. The van der Waals surface area contributed by atoms with Gasteiger partial charge in [0.1, 0.15) is 6.54 Å². The molecule has 1 heterocycles. The van der Waals surface area contributed by atoms with Gasteiger partial charge in [-0.25, -0.2) is 0 Å². The van der Waals surface area contributed by atoms with Crippen LogP contribution in [0.2, 0.25) is 0 Å². The second-order valence-corrected chi connectivity index (χ2v) is 1.82. The molecule has 1 rings (SSSR count). The third kappa shape index (κ3) is 1.26. The van der Waals surface area contributed by atoms with Crippen LogP contribution in [0.3, 0.4) is 0 Å². The van der Waals surface area contributed by atoms with Gasteiger partial charge in [-0.2, -0.15) is 0 Å². The predicted molar refractivity (Wildman–Crippen MR) is 28.9 cm³/mol. The summed E-state index contributed by atoms with van der Waals surface area (Å²) in [5.41, 5.74) is 0. The summed E-state index contributed by atoms with van der Waals surface area (Å²) in [5, 5.41) is -0.701. The van der Waals surface area contributed by atoms with Gasteiger partial charge < -0.3 is 14.6 Å². The van der Waals surface area contributed by atoms with Crippen LogP contribution in [0.5, 0.6) is 0 Å². The average molecular weight is 147 g/mol. The van der Waals surface area contributed by atoms with Crippen LogP contribution in [0.1, 0.15) is 0 Å². The highest BCUT2D eigenvalue weighted by Crippen LogP contribution is 1.91. The van der Waals surface area contributed by atoms with Gasteiger partial charge in [0.2, 0.25) is 12.2 Å². The largest absolute Gasteiger partial charge is 0.319 e. The molecule has 0 radical (unpaired) electrons. The maximum absolute atomic E-state index is 10.3. The van der Waals surface area contributed by atoms with Gasteiger partial charge in [-0.1, -0.05) is 11.6 Å². The standard InChI is InChI=1S/C4H3ClN2O2/c5-4(9)7-1-3(8)6-2-7/h6H,1H2. The van der Waals surface area contributed by atoms with Gasteiger partial charge in [-0.05, 0) is 0 Å². The zero-order valence-electron chi connectivity index (χ0n) is 4.35. The highest BCUT2D eigenvalue weighted by Gasteiger charge is 2.16. The number of carbonyl (C=O) groups is 2. The second kappa shape index (κ2) is 2.14. The van der Waals surface area contributed by atoms with E-state index in [9.17, 15) is 9.59 Å². The molecule has 1 aliphatic heterocycles. The number of carbonyl (C=O) groups excluding carboxylic acids is 2. The van der Waals surface area contributed by atoms with E-state index < -0.39 is 5.37 Å². The summed E-state index contributed by atoms with van der Waals surface area (Å²) in [5.74, 6) is -0.274. The number of amides is 2. The fraction of sp³-hybridized carbons (Fsp3) is 0.250. The fourth-order valence-corrected chi connectivity index (χ4v) is 0.561. The maximum atomic E-state index is 10.3. The molecule has 48 valence electrons. The van der Waals surface area contributed by atoms with Crippen molar-refractivity contribution in [1.82, 2.24) is 4.90 Å². The van der Waals surface area contributed by atoms with Crippen molar-refractivity contribution >= 4 is 29.2 Å². The first-order valence-corrected chi connectivity index (χ1v) is 2.59. The van der Waals surface area contributed by atoms with Crippen LogP contribution in [0, 0.1) is 0 Å². The predicted octanol–water partition coefficient (Wildman–Crippen LogP) is -1.83. The average Bonchev–Trinajstić information content (AvgIpc) is 2.14. The molecular weight excluding hydrogens is 144 g/mol. The Bertz CT molecular complexity index is 189. The van der Waals surface area contributed by atoms with E-state index in [-0.39, 0.29) is 12.5 Å². The van der Waals surface area contributed by atoms with Crippen molar-refractivity contribution in [2.75, 3.05) is 6.54 Å². The van der Waals surface area contributed by atoms with Crippen LogP contribution in [0.15, 0.2) is 0 Å². The van der Waals surface area contributed by atoms with E-state index in [4.69, 9.17) is 11.6 Å². The van der Waals surface area contributed by atoms with E-state index in [0.29, 0.717) is 0 Å². The SMILES string of the molecule is O=C1CN(C(=O)Cl)[C-]=[NH+]1. The summed E-state index contributed by atoms with van der Waals surface area (Å²) >= 11 is 4.98. The highest BCUT2D eigenvalue weighted by molar-refractivity contribution is 6.63. The van der Waals surface area contributed by atoms with Crippen molar-refractivity contribution in [3.05, 3.63) is 0 Å². The zero-order chi connectivity index (χ0) is 6.85. The minimum atomic E-state index is -0.701. The molecule has 0 saturated heterocycles. The van der Waals surface area contributed by atoms with Gasteiger partial charge in [-0.15, -0.1) is 0 Å². The van der Waals surface area contributed by atoms with Crippen LogP contribution in [0.4, 0.5) is 4.79 Å². The Hall–Kier alpha value is -0.900. The van der Waals surface area contributed by atoms with E-state index in [1.54, 1.807) is 0 Å². The summed E-state index contributed by atoms with van der Waals surface area (Å²) in [6, 6.07) is 0. The highest BCUT2D eigenvalue weighted by atomic mass is 35.5. The number of nitrogens with one attached hydrogen (secondary N) is 1. The molecule has 0 aliphatic carbocycles. The van der Waals surface area contributed by atoms with Crippen LogP contribution in [0.25, 0.3) is 0 Å². The van der Waals surface area contributed by atoms with Gasteiger partial charge in [0, 0.05) is 0 Å². The molecule has 0 bridgehead atoms. The van der Waals surface area contributed by atoms with Gasteiger partial charge in [0.25, 0.3) is 0 Å². The normalized spacial score (nSPS) is 17.0. The second-order valence-electron chi connectivity index (χ2n) is 1.50. The van der Waals surface area contributed by atoms with Crippen molar-refractivity contribution in [1.29, 1.82) is 0 Å². The molecule has 0 aromatic rings. The molecule has 5 heteroatoms. The minimum absolute atomic E-state index is 0.0255. The van der Waals surface area contributed by atoms with Gasteiger partial charge in [0.15, 0.2) is 0 Å². The topological polar surface area (TPSA) is 51.4 Å². The van der Waals surface area contributed by atoms with Crippen molar-refractivity contribution in [2.45, 2.75) is 0 Å². The molecule has 0 spiro atoms. The van der Waals surface area contributed by atoms with Crippen molar-refractivity contribution in [3.63, 3.8) is 0 Å². The Kier molecular flexibility index (Phi) is 1.48. The van der Waals surface area contributed by atoms with E-state index >= 15 is 0 Å². The molecule has 1 N–H and O–H groups in total. The van der Waals surface area contributed by atoms with Crippen LogP contribution in [-0.2, 0) is 4.79 Å². The molecule has 9 heavy (non-hydrogen) atoms. The minimum Gasteiger partial charge on any atom is -0.319 e. The Morgan fingerprint density at radius 3 is 2.78 bits per heavy atom. The van der Waals surface area contributed by atoms with Crippen LogP contribution >= 0.6 is 11.6 Å². The van der Waals surface area contributed by atoms with E-state index in [0.717, 1.165) is 4.90 Å². The zero-order valence-corrected chi connectivity index (χ0v) is 5.10. The molecule has 0 fully saturated rings. The smallest absolute Gasteiger partial charge is 0.300 e. The van der Waals surface area contributed by atoms with Gasteiger partial charge >= 0.3 is 5.37 Å². The summed E-state index contributed by atoms with van der Waals surface area (Å²) < 4.78 is 0. The lowest BCUT2D eigenvalue weighted by atomic mass is 10.6. The van der Waals surface area contributed by atoms with Crippen molar-refractivity contribution in [2.24, 2.45) is 0 Å². The monoisotopic (exact) mass is 146 g/mol. The van der Waals surface area contributed by atoms with E-state index in [2.05, 4.69) is 11.3 Å². The fourth-order valence-electron chi connectivity index (χ4n) is 0.459. The van der Waals surface area contributed by atoms with Gasteiger partial charge in [0.05, 0.1) is 0 Å². The lowest BCUT2D eigenvalue weighted by molar-refractivity contribution is -0.365. The van der Waals surface area contributed by atoms with Gasteiger partial charge in [-0.3, -0.25) is 4.90 Å². The number of rotatable bonds is 0. The van der Waals surface area contributed by atoms with Crippen LogP contribution in [-0.4, -0.2) is 29.1 Å². The Morgan fingerprint density at radius 1 is 1.89 bits per heavy atom. The van der Waals surface area contributed by atoms with E-state index in [1.165, 1.54) is 0 Å². The Labute approximate surface area is 56.1 Å². The maximum Gasteiger partial charge on any atom is 0.300 e. The first-order chi connectivity index (χ1) is 4.20. The summed E-state index contributed by atoms with van der Waals surface area (Å²) in [6.07, 6.45) is 2.26. The Balaban J connectivity index is 2.60. The Morgan fingerprint density at radius 2 is 2.56 bits per heavy atom. The summed E-state index contributed by atoms with van der Waals surface area (Å²) in [7, 11) is 0. The summed E-state index contributed by atoms with van der Waals surface area (Å²) in [4.78, 5) is 23.7. The molecule has 0 aromatic carbocycles.